The molecule has 3 aromatic rings. The molecule has 36 heavy (non-hydrogen) atoms. The Balaban J connectivity index is 1.32. The molecule has 0 fully saturated rings. The summed E-state index contributed by atoms with van der Waals surface area (Å²) in [5, 5.41) is 3.30. The van der Waals surface area contributed by atoms with Crippen molar-refractivity contribution in [2.75, 3.05) is 4.72 Å². The van der Waals surface area contributed by atoms with Gasteiger partial charge in [-0.2, -0.15) is 0 Å². The average molecular weight is 544 g/mol. The number of sulfonamides is 1. The third kappa shape index (κ3) is 6.66. The molecule has 0 radical (unpaired) electrons. The second-order valence-corrected chi connectivity index (χ2v) is 10.6. The lowest BCUT2D eigenvalue weighted by molar-refractivity contribution is -0.119. The summed E-state index contributed by atoms with van der Waals surface area (Å²) in [6, 6.07) is 14.4. The molecule has 10 heteroatoms. The number of nitrogens with zero attached hydrogens (tertiary/aromatic N) is 1. The fourth-order valence-electron chi connectivity index (χ4n) is 3.63. The van der Waals surface area contributed by atoms with E-state index in [1.807, 2.05) is 31.2 Å². The molecular weight excluding hydrogens is 521 g/mol. The minimum Gasteiger partial charge on any atom is -0.484 e. The van der Waals surface area contributed by atoms with Crippen molar-refractivity contribution < 1.29 is 17.9 Å². The molecule has 7 nitrogen and oxygen atoms in total. The highest BCUT2D eigenvalue weighted by Crippen LogP contribution is 2.27. The highest BCUT2D eigenvalue weighted by Gasteiger charge is 2.19. The lowest BCUT2D eigenvalue weighted by Gasteiger charge is -2.21. The molecule has 1 heterocycles. The normalized spacial score (nSPS) is 15.5. The number of aromatic nitrogens is 1. The number of ether oxygens (including phenoxy) is 1. The first-order chi connectivity index (χ1) is 17.2. The van der Waals surface area contributed by atoms with Crippen LogP contribution in [0.25, 0.3) is 0 Å². The summed E-state index contributed by atoms with van der Waals surface area (Å²) in [5.41, 5.74) is 2.73. The zero-order chi connectivity index (χ0) is 25.7. The van der Waals surface area contributed by atoms with Crippen LogP contribution in [0.5, 0.6) is 5.75 Å². The van der Waals surface area contributed by atoms with Crippen molar-refractivity contribution in [2.45, 2.75) is 30.8 Å². The monoisotopic (exact) mass is 543 g/mol. The zero-order valence-electron chi connectivity index (χ0n) is 19.2. The maximum atomic E-state index is 12.6. The quantitative estimate of drug-likeness (QED) is 0.389. The van der Waals surface area contributed by atoms with Crippen molar-refractivity contribution in [1.29, 1.82) is 0 Å². The van der Waals surface area contributed by atoms with Gasteiger partial charge in [-0.3, -0.25) is 14.5 Å². The number of pyridine rings is 1. The van der Waals surface area contributed by atoms with Crippen LogP contribution in [0.3, 0.4) is 0 Å². The van der Waals surface area contributed by atoms with Crippen molar-refractivity contribution >= 4 is 44.8 Å². The minimum absolute atomic E-state index is 0.0274. The van der Waals surface area contributed by atoms with Crippen LogP contribution in [0.4, 0.5) is 5.69 Å². The van der Waals surface area contributed by atoms with Crippen molar-refractivity contribution in [3.8, 4) is 5.75 Å². The van der Waals surface area contributed by atoms with E-state index in [0.717, 1.165) is 16.8 Å². The first kappa shape index (κ1) is 25.8. The molecule has 1 amide bonds. The van der Waals surface area contributed by atoms with Crippen molar-refractivity contribution in [3.63, 3.8) is 0 Å². The molecule has 2 N–H and O–H groups in total. The molecule has 0 saturated heterocycles. The average Bonchev–Trinajstić information content (AvgIpc) is 2.82. The van der Waals surface area contributed by atoms with Gasteiger partial charge < -0.3 is 10.1 Å². The lowest BCUT2D eigenvalue weighted by atomic mass is 10.0. The summed E-state index contributed by atoms with van der Waals surface area (Å²) in [7, 11) is -3.89. The van der Waals surface area contributed by atoms with Gasteiger partial charge in [0.15, 0.2) is 0 Å². The molecule has 0 bridgehead atoms. The Morgan fingerprint density at radius 3 is 2.58 bits per heavy atom. The summed E-state index contributed by atoms with van der Waals surface area (Å²) in [4.78, 5) is 16.6. The molecular formula is C26H23Cl2N3O4S. The fourth-order valence-corrected chi connectivity index (χ4v) is 5.46. The first-order valence-electron chi connectivity index (χ1n) is 11.0. The SMILES string of the molecule is CC1=CC(Oc2cccnc2)CC=C1NC(=O)Cc1ccc(NS(=O)(=O)c2ccc(Cl)cc2Cl)cc1. The second-order valence-electron chi connectivity index (χ2n) is 8.15. The number of amides is 1. The summed E-state index contributed by atoms with van der Waals surface area (Å²) in [6.45, 7) is 1.92. The number of nitrogens with one attached hydrogen (secondary N) is 2. The fraction of sp³-hybridized carbons (Fsp3) is 0.154. The summed E-state index contributed by atoms with van der Waals surface area (Å²) in [6.07, 6.45) is 7.88. The van der Waals surface area contributed by atoms with E-state index < -0.39 is 10.0 Å². The maximum Gasteiger partial charge on any atom is 0.263 e. The predicted molar refractivity (Wildman–Crippen MR) is 141 cm³/mol. The van der Waals surface area contributed by atoms with Crippen LogP contribution in [0.2, 0.25) is 10.0 Å². The molecule has 1 aliphatic carbocycles. The first-order valence-corrected chi connectivity index (χ1v) is 13.3. The van der Waals surface area contributed by atoms with Crippen LogP contribution < -0.4 is 14.8 Å². The Bertz CT molecular complexity index is 1420. The van der Waals surface area contributed by atoms with Gasteiger partial charge in [0.2, 0.25) is 5.91 Å². The molecule has 1 aromatic heterocycles. The highest BCUT2D eigenvalue weighted by atomic mass is 35.5. The van der Waals surface area contributed by atoms with E-state index >= 15 is 0 Å². The van der Waals surface area contributed by atoms with E-state index in [1.54, 1.807) is 36.7 Å². The Kier molecular flexibility index (Phi) is 7.98. The van der Waals surface area contributed by atoms with Gasteiger partial charge in [-0.1, -0.05) is 41.4 Å². The van der Waals surface area contributed by atoms with Crippen LogP contribution >= 0.6 is 23.2 Å². The number of hydrogen-bond donors (Lipinski definition) is 2. The molecule has 1 unspecified atom stereocenters. The summed E-state index contributed by atoms with van der Waals surface area (Å²) >= 11 is 11.9. The van der Waals surface area contributed by atoms with E-state index in [0.29, 0.717) is 22.9 Å². The van der Waals surface area contributed by atoms with Gasteiger partial charge in [0, 0.05) is 29.0 Å². The van der Waals surface area contributed by atoms with Crippen LogP contribution in [-0.2, 0) is 21.2 Å². The van der Waals surface area contributed by atoms with Crippen LogP contribution in [0, 0.1) is 0 Å². The number of halogens is 2. The standard InChI is InChI=1S/C26H23Cl2N3O4S/c1-17-13-21(35-22-3-2-12-29-16-22)9-10-24(17)30-26(32)14-18-4-7-20(8-5-18)31-36(33,34)25-11-6-19(27)15-23(25)28/h2-8,10-13,15-16,21,31H,9,14H2,1H3,(H,30,32). The van der Waals surface area contributed by atoms with Gasteiger partial charge in [-0.15, -0.1) is 0 Å². The number of anilines is 1. The molecule has 186 valence electrons. The molecule has 1 aliphatic rings. The molecule has 0 aliphatic heterocycles. The summed E-state index contributed by atoms with van der Waals surface area (Å²) < 4.78 is 33.7. The predicted octanol–water partition coefficient (Wildman–Crippen LogP) is 5.53. The molecule has 0 saturated carbocycles. The Labute approximate surface area is 219 Å². The van der Waals surface area contributed by atoms with E-state index in [9.17, 15) is 13.2 Å². The highest BCUT2D eigenvalue weighted by molar-refractivity contribution is 7.92. The van der Waals surface area contributed by atoms with Crippen molar-refractivity contribution in [3.05, 3.63) is 106 Å². The van der Waals surface area contributed by atoms with Gasteiger partial charge in [-0.05, 0) is 66.6 Å². The van der Waals surface area contributed by atoms with E-state index in [1.165, 1.54) is 18.2 Å². The third-order valence-corrected chi connectivity index (χ3v) is 7.46. The number of rotatable bonds is 8. The number of carbonyl (C=O) groups is 1. The van der Waals surface area contributed by atoms with E-state index in [-0.39, 0.29) is 28.4 Å². The Morgan fingerprint density at radius 1 is 1.14 bits per heavy atom. The lowest BCUT2D eigenvalue weighted by Crippen LogP contribution is -2.28. The number of benzene rings is 2. The van der Waals surface area contributed by atoms with Gasteiger partial charge in [0.1, 0.15) is 16.7 Å². The van der Waals surface area contributed by atoms with Gasteiger partial charge >= 0.3 is 0 Å². The van der Waals surface area contributed by atoms with E-state index in [2.05, 4.69) is 15.0 Å². The van der Waals surface area contributed by atoms with Gasteiger partial charge in [0.05, 0.1) is 17.6 Å². The molecule has 1 atom stereocenters. The van der Waals surface area contributed by atoms with Crippen LogP contribution in [-0.4, -0.2) is 25.4 Å². The van der Waals surface area contributed by atoms with Gasteiger partial charge in [-0.25, -0.2) is 8.42 Å². The molecule has 0 spiro atoms. The number of carbonyl (C=O) groups excluding carboxylic acids is 1. The van der Waals surface area contributed by atoms with E-state index in [4.69, 9.17) is 27.9 Å². The Hall–Kier alpha value is -3.33. The smallest absolute Gasteiger partial charge is 0.263 e. The maximum absolute atomic E-state index is 12.6. The topological polar surface area (TPSA) is 97.4 Å². The van der Waals surface area contributed by atoms with Crippen LogP contribution in [0.1, 0.15) is 18.9 Å². The second kappa shape index (κ2) is 11.2. The number of allylic oxidation sites excluding steroid dienone is 1. The van der Waals surface area contributed by atoms with Crippen molar-refractivity contribution in [2.24, 2.45) is 0 Å². The van der Waals surface area contributed by atoms with Crippen molar-refractivity contribution in [1.82, 2.24) is 10.3 Å². The third-order valence-electron chi connectivity index (χ3n) is 5.37. The summed E-state index contributed by atoms with van der Waals surface area (Å²) in [5.74, 6) is 0.510. The van der Waals surface area contributed by atoms with Crippen LogP contribution in [0.15, 0.2) is 95.3 Å². The van der Waals surface area contributed by atoms with Gasteiger partial charge in [0.25, 0.3) is 10.0 Å². The minimum atomic E-state index is -3.89. The molecule has 2 aromatic carbocycles. The largest absolute Gasteiger partial charge is 0.484 e. The number of hydrogen-bond acceptors (Lipinski definition) is 5. The zero-order valence-corrected chi connectivity index (χ0v) is 21.6. The molecule has 4 rings (SSSR count). The Morgan fingerprint density at radius 2 is 1.92 bits per heavy atom.